The van der Waals surface area contributed by atoms with Crippen molar-refractivity contribution < 1.29 is 9.90 Å². The summed E-state index contributed by atoms with van der Waals surface area (Å²) in [5.74, 6) is -0.300. The summed E-state index contributed by atoms with van der Waals surface area (Å²) in [7, 11) is 0. The van der Waals surface area contributed by atoms with Gasteiger partial charge in [-0.05, 0) is 34.7 Å². The van der Waals surface area contributed by atoms with E-state index in [1.807, 2.05) is 30.3 Å². The van der Waals surface area contributed by atoms with E-state index < -0.39 is 5.97 Å². The van der Waals surface area contributed by atoms with Crippen LogP contribution in [0, 0.1) is 5.92 Å². The van der Waals surface area contributed by atoms with Crippen molar-refractivity contribution in [1.82, 2.24) is 0 Å². The average molecular weight is 228 g/mol. The van der Waals surface area contributed by atoms with Gasteiger partial charge in [-0.3, -0.25) is 0 Å². The molecule has 0 atom stereocenters. The summed E-state index contributed by atoms with van der Waals surface area (Å²) in [6, 6.07) is 11.4. The second-order valence-electron chi connectivity index (χ2n) is 4.72. The number of carboxylic acid groups (broad SMARTS) is 1. The minimum absolute atomic E-state index is 0.383. The van der Waals surface area contributed by atoms with Gasteiger partial charge in [0.2, 0.25) is 0 Å². The standard InChI is InChI=1S/C15H16O2/c1-10(2)9-11-7-8-14(15(16)17)13-6-4-3-5-12(11)13/h3-8,10H,9H2,1-2H3,(H,16,17). The Hall–Kier alpha value is -1.83. The fourth-order valence-corrected chi connectivity index (χ4v) is 2.17. The van der Waals surface area contributed by atoms with Crippen LogP contribution < -0.4 is 0 Å². The lowest BCUT2D eigenvalue weighted by Gasteiger charge is -2.10. The quantitative estimate of drug-likeness (QED) is 0.869. The Bertz CT molecular complexity index is 556. The Kier molecular flexibility index (Phi) is 3.14. The minimum Gasteiger partial charge on any atom is -0.478 e. The van der Waals surface area contributed by atoms with Crippen LogP contribution in [-0.4, -0.2) is 11.1 Å². The van der Waals surface area contributed by atoms with Crippen LogP contribution in [0.5, 0.6) is 0 Å². The molecule has 0 aliphatic heterocycles. The van der Waals surface area contributed by atoms with Crippen LogP contribution >= 0.6 is 0 Å². The number of carboxylic acids is 1. The summed E-state index contributed by atoms with van der Waals surface area (Å²) in [6.45, 7) is 4.33. The molecular weight excluding hydrogens is 212 g/mol. The zero-order valence-electron chi connectivity index (χ0n) is 10.1. The van der Waals surface area contributed by atoms with Crippen molar-refractivity contribution >= 4 is 16.7 Å². The summed E-state index contributed by atoms with van der Waals surface area (Å²) >= 11 is 0. The first-order chi connectivity index (χ1) is 8.09. The van der Waals surface area contributed by atoms with E-state index in [4.69, 9.17) is 5.11 Å². The molecule has 0 fully saturated rings. The Morgan fingerprint density at radius 3 is 2.35 bits per heavy atom. The van der Waals surface area contributed by atoms with Gasteiger partial charge in [-0.1, -0.05) is 44.2 Å². The zero-order valence-corrected chi connectivity index (χ0v) is 10.1. The van der Waals surface area contributed by atoms with E-state index in [9.17, 15) is 4.79 Å². The Morgan fingerprint density at radius 2 is 1.76 bits per heavy atom. The van der Waals surface area contributed by atoms with Crippen molar-refractivity contribution in [2.24, 2.45) is 5.92 Å². The van der Waals surface area contributed by atoms with Gasteiger partial charge in [0.1, 0.15) is 0 Å². The fourth-order valence-electron chi connectivity index (χ4n) is 2.17. The molecule has 1 N–H and O–H groups in total. The van der Waals surface area contributed by atoms with Crippen molar-refractivity contribution in [3.8, 4) is 0 Å². The van der Waals surface area contributed by atoms with Crippen LogP contribution in [0.3, 0.4) is 0 Å². The number of fused-ring (bicyclic) bond motifs is 1. The van der Waals surface area contributed by atoms with Crippen LogP contribution in [0.4, 0.5) is 0 Å². The second-order valence-corrected chi connectivity index (χ2v) is 4.72. The van der Waals surface area contributed by atoms with Crippen LogP contribution in [-0.2, 0) is 6.42 Å². The highest BCUT2D eigenvalue weighted by Crippen LogP contribution is 2.24. The summed E-state index contributed by atoms with van der Waals surface area (Å²) in [4.78, 5) is 11.1. The Balaban J connectivity index is 2.66. The molecule has 88 valence electrons. The smallest absolute Gasteiger partial charge is 0.336 e. The maximum absolute atomic E-state index is 11.1. The first kappa shape index (κ1) is 11.6. The third-order valence-corrected chi connectivity index (χ3v) is 2.87. The average Bonchev–Trinajstić information content (AvgIpc) is 2.28. The molecule has 0 spiro atoms. The van der Waals surface area contributed by atoms with Crippen molar-refractivity contribution in [2.45, 2.75) is 20.3 Å². The third kappa shape index (κ3) is 2.31. The van der Waals surface area contributed by atoms with Gasteiger partial charge in [-0.25, -0.2) is 4.79 Å². The molecule has 0 aromatic heterocycles. The maximum atomic E-state index is 11.1. The first-order valence-electron chi connectivity index (χ1n) is 5.83. The summed E-state index contributed by atoms with van der Waals surface area (Å²) in [5.41, 5.74) is 1.61. The van der Waals surface area contributed by atoms with E-state index in [0.717, 1.165) is 17.2 Å². The van der Waals surface area contributed by atoms with Gasteiger partial charge >= 0.3 is 5.97 Å². The number of hydrogen-bond acceptors (Lipinski definition) is 1. The Morgan fingerprint density at radius 1 is 1.12 bits per heavy atom. The molecule has 2 nitrogen and oxygen atoms in total. The first-order valence-corrected chi connectivity index (χ1v) is 5.83. The molecule has 0 aliphatic rings. The predicted molar refractivity (Wildman–Crippen MR) is 69.4 cm³/mol. The molecule has 0 radical (unpaired) electrons. The van der Waals surface area contributed by atoms with Crippen LogP contribution in [0.15, 0.2) is 36.4 Å². The van der Waals surface area contributed by atoms with Gasteiger partial charge in [0.25, 0.3) is 0 Å². The molecule has 17 heavy (non-hydrogen) atoms. The van der Waals surface area contributed by atoms with Crippen molar-refractivity contribution in [2.75, 3.05) is 0 Å². The summed E-state index contributed by atoms with van der Waals surface area (Å²) in [6.07, 6.45) is 0.973. The molecule has 0 aliphatic carbocycles. The third-order valence-electron chi connectivity index (χ3n) is 2.87. The van der Waals surface area contributed by atoms with Gasteiger partial charge in [0.05, 0.1) is 5.56 Å². The van der Waals surface area contributed by atoms with Crippen molar-refractivity contribution in [3.63, 3.8) is 0 Å². The molecule has 0 heterocycles. The molecular formula is C15H16O2. The number of rotatable bonds is 3. The zero-order chi connectivity index (χ0) is 12.4. The lowest BCUT2D eigenvalue weighted by Crippen LogP contribution is -2.01. The van der Waals surface area contributed by atoms with E-state index in [-0.39, 0.29) is 0 Å². The summed E-state index contributed by atoms with van der Waals surface area (Å²) in [5, 5.41) is 11.0. The van der Waals surface area contributed by atoms with Crippen LogP contribution in [0.2, 0.25) is 0 Å². The minimum atomic E-state index is -0.864. The molecule has 0 bridgehead atoms. The van der Waals surface area contributed by atoms with E-state index >= 15 is 0 Å². The number of carbonyl (C=O) groups is 1. The van der Waals surface area contributed by atoms with E-state index in [0.29, 0.717) is 11.5 Å². The lowest BCUT2D eigenvalue weighted by atomic mass is 9.94. The maximum Gasteiger partial charge on any atom is 0.336 e. The fraction of sp³-hybridized carbons (Fsp3) is 0.267. The van der Waals surface area contributed by atoms with Gasteiger partial charge in [0.15, 0.2) is 0 Å². The lowest BCUT2D eigenvalue weighted by molar-refractivity contribution is 0.0699. The van der Waals surface area contributed by atoms with Gasteiger partial charge in [-0.15, -0.1) is 0 Å². The number of benzene rings is 2. The van der Waals surface area contributed by atoms with Gasteiger partial charge in [-0.2, -0.15) is 0 Å². The van der Waals surface area contributed by atoms with Gasteiger partial charge < -0.3 is 5.11 Å². The highest BCUT2D eigenvalue weighted by molar-refractivity contribution is 6.04. The largest absolute Gasteiger partial charge is 0.478 e. The monoisotopic (exact) mass is 228 g/mol. The van der Waals surface area contributed by atoms with Crippen molar-refractivity contribution in [1.29, 1.82) is 0 Å². The highest BCUT2D eigenvalue weighted by Gasteiger charge is 2.11. The molecule has 0 saturated carbocycles. The second kappa shape index (κ2) is 4.58. The molecule has 2 aromatic carbocycles. The van der Waals surface area contributed by atoms with E-state index in [1.165, 1.54) is 5.56 Å². The molecule has 0 amide bonds. The molecule has 0 unspecified atom stereocenters. The van der Waals surface area contributed by atoms with Crippen molar-refractivity contribution in [3.05, 3.63) is 47.5 Å². The highest BCUT2D eigenvalue weighted by atomic mass is 16.4. The molecule has 2 heteroatoms. The molecule has 2 rings (SSSR count). The molecule has 2 aromatic rings. The van der Waals surface area contributed by atoms with E-state index in [1.54, 1.807) is 6.07 Å². The van der Waals surface area contributed by atoms with E-state index in [2.05, 4.69) is 13.8 Å². The normalized spacial score (nSPS) is 11.0. The predicted octanol–water partition coefficient (Wildman–Crippen LogP) is 3.74. The SMILES string of the molecule is CC(C)Cc1ccc(C(=O)O)c2ccccc12. The number of hydrogen-bond donors (Lipinski definition) is 1. The topological polar surface area (TPSA) is 37.3 Å². The Labute approximate surface area is 101 Å². The molecule has 0 saturated heterocycles. The van der Waals surface area contributed by atoms with Gasteiger partial charge in [0, 0.05) is 0 Å². The summed E-state index contributed by atoms with van der Waals surface area (Å²) < 4.78 is 0. The van der Waals surface area contributed by atoms with Crippen LogP contribution in [0.25, 0.3) is 10.8 Å². The number of aromatic carboxylic acids is 1. The van der Waals surface area contributed by atoms with Crippen LogP contribution in [0.1, 0.15) is 29.8 Å².